The van der Waals surface area contributed by atoms with E-state index in [2.05, 4.69) is 68.5 Å². The number of benzene rings is 2. The Labute approximate surface area is 177 Å². The van der Waals surface area contributed by atoms with Gasteiger partial charge in [-0.15, -0.1) is 0 Å². The Kier molecular flexibility index (Phi) is 5.23. The molecule has 0 aliphatic heterocycles. The molecule has 2 aromatic rings. The van der Waals surface area contributed by atoms with E-state index in [1.54, 1.807) is 11.1 Å². The first-order valence-corrected chi connectivity index (χ1v) is 14.9. The van der Waals surface area contributed by atoms with Crippen molar-refractivity contribution in [1.29, 1.82) is 0 Å². The van der Waals surface area contributed by atoms with Crippen LogP contribution in [0.3, 0.4) is 0 Å². The second-order valence-electron chi connectivity index (χ2n) is 8.87. The van der Waals surface area contributed by atoms with E-state index in [1.165, 1.54) is 67.2 Å². The molecule has 0 bridgehead atoms. The fourth-order valence-corrected chi connectivity index (χ4v) is 15.0. The summed E-state index contributed by atoms with van der Waals surface area (Å²) in [6.45, 7) is 4.48. The summed E-state index contributed by atoms with van der Waals surface area (Å²) < 4.78 is 4.54. The van der Waals surface area contributed by atoms with E-state index in [0.717, 1.165) is 0 Å². The molecule has 2 aromatic carbocycles. The summed E-state index contributed by atoms with van der Waals surface area (Å²) in [5.41, 5.74) is 9.13. The number of hydrogen-bond acceptors (Lipinski definition) is 0. The molecule has 0 unspecified atom stereocenters. The zero-order chi connectivity index (χ0) is 19.1. The van der Waals surface area contributed by atoms with Gasteiger partial charge < -0.3 is 0 Å². The molecule has 3 aliphatic rings. The van der Waals surface area contributed by atoms with Gasteiger partial charge in [0.2, 0.25) is 0 Å². The first kappa shape index (κ1) is 18.7. The van der Waals surface area contributed by atoms with Gasteiger partial charge >= 0.3 is 178 Å². The second kappa shape index (κ2) is 7.83. The topological polar surface area (TPSA) is 0 Å². The Morgan fingerprint density at radius 3 is 1.93 bits per heavy atom. The van der Waals surface area contributed by atoms with Crippen LogP contribution in [0.15, 0.2) is 57.9 Å². The van der Waals surface area contributed by atoms with E-state index in [0.29, 0.717) is 3.63 Å². The molecule has 0 amide bonds. The van der Waals surface area contributed by atoms with Crippen LogP contribution in [-0.4, -0.2) is 3.21 Å². The van der Waals surface area contributed by atoms with Crippen molar-refractivity contribution < 1.29 is 21.3 Å². The van der Waals surface area contributed by atoms with E-state index in [4.69, 9.17) is 0 Å². The van der Waals surface area contributed by atoms with Gasteiger partial charge in [0.15, 0.2) is 0 Å². The molecule has 0 saturated heterocycles. The first-order valence-electron chi connectivity index (χ1n) is 11.0. The van der Waals surface area contributed by atoms with Crippen molar-refractivity contribution in [1.82, 2.24) is 0 Å². The molecule has 5 rings (SSSR count). The van der Waals surface area contributed by atoms with Crippen LogP contribution in [0.5, 0.6) is 0 Å². The quantitative estimate of drug-likeness (QED) is 0.424. The van der Waals surface area contributed by atoms with Crippen LogP contribution < -0.4 is 0 Å². The molecule has 142 valence electrons. The molecule has 0 N–H and O–H groups in total. The van der Waals surface area contributed by atoms with E-state index >= 15 is 0 Å². The molecule has 1 fully saturated rings. The molecular weight excluding hydrogens is 416 g/mol. The van der Waals surface area contributed by atoms with Gasteiger partial charge in [0, 0.05) is 0 Å². The number of fused-ring (bicyclic) bond motifs is 3. The summed E-state index contributed by atoms with van der Waals surface area (Å²) >= 11 is -1.99. The van der Waals surface area contributed by atoms with Crippen LogP contribution in [0.25, 0.3) is 11.1 Å². The number of hydrogen-bond donors (Lipinski definition) is 0. The van der Waals surface area contributed by atoms with Gasteiger partial charge in [-0.05, 0) is 0 Å². The third-order valence-electron chi connectivity index (χ3n) is 6.82. The third-order valence-corrected chi connectivity index (χ3v) is 15.5. The zero-order valence-corrected chi connectivity index (χ0v) is 19.7. The zero-order valence-electron chi connectivity index (χ0n) is 17.2. The average Bonchev–Trinajstić information content (AvgIpc) is 3.22. The maximum absolute atomic E-state index is 2.51. The van der Waals surface area contributed by atoms with Gasteiger partial charge in [-0.25, -0.2) is 0 Å². The Bertz CT molecular complexity index is 957. The average molecular weight is 446 g/mol. The number of rotatable bonds is 2. The molecule has 1 heteroatoms. The van der Waals surface area contributed by atoms with Gasteiger partial charge in [-0.2, -0.15) is 0 Å². The predicted octanol–water partition coefficient (Wildman–Crippen LogP) is 7.36. The van der Waals surface area contributed by atoms with Crippen molar-refractivity contribution in [3.63, 3.8) is 0 Å². The van der Waals surface area contributed by atoms with Crippen molar-refractivity contribution in [2.75, 3.05) is 0 Å². The SMILES string of the molecule is Cc1ccc2c(c1)-c1cc(C)ccc1[CH]2[Zr]([C]1=CC=CC1)=[C]1CCCCCC1. The normalized spacial score (nSPS) is 18.6. The van der Waals surface area contributed by atoms with Crippen LogP contribution in [-0.2, 0) is 21.3 Å². The molecular formula is C27H30Zr. The Morgan fingerprint density at radius 1 is 0.786 bits per heavy atom. The second-order valence-corrected chi connectivity index (χ2v) is 15.6. The van der Waals surface area contributed by atoms with Gasteiger partial charge in [-0.1, -0.05) is 0 Å². The first-order chi connectivity index (χ1) is 13.7. The Morgan fingerprint density at radius 2 is 1.39 bits per heavy atom. The fraction of sp³-hybridized carbons (Fsp3) is 0.370. The van der Waals surface area contributed by atoms with E-state index < -0.39 is 21.3 Å². The van der Waals surface area contributed by atoms with Crippen molar-refractivity contribution >= 4 is 3.21 Å². The molecule has 0 radical (unpaired) electrons. The fourth-order valence-electron chi connectivity index (χ4n) is 5.48. The van der Waals surface area contributed by atoms with Crippen molar-refractivity contribution in [3.05, 3.63) is 80.2 Å². The third kappa shape index (κ3) is 3.31. The van der Waals surface area contributed by atoms with Crippen molar-refractivity contribution in [2.24, 2.45) is 0 Å². The van der Waals surface area contributed by atoms with Gasteiger partial charge in [0.05, 0.1) is 0 Å². The van der Waals surface area contributed by atoms with Gasteiger partial charge in [-0.3, -0.25) is 0 Å². The molecule has 28 heavy (non-hydrogen) atoms. The molecule has 0 heterocycles. The molecule has 0 atom stereocenters. The number of aryl methyl sites for hydroxylation is 2. The summed E-state index contributed by atoms with van der Waals surface area (Å²) in [5.74, 6) is 0. The summed E-state index contributed by atoms with van der Waals surface area (Å²) in [6.07, 6.45) is 17.0. The Balaban J connectivity index is 1.75. The number of allylic oxidation sites excluding steroid dienone is 4. The van der Waals surface area contributed by atoms with Gasteiger partial charge in [0.1, 0.15) is 0 Å². The Hall–Kier alpha value is -1.33. The molecule has 1 saturated carbocycles. The van der Waals surface area contributed by atoms with Crippen molar-refractivity contribution in [3.8, 4) is 11.1 Å². The van der Waals surface area contributed by atoms with Crippen LogP contribution in [0.1, 0.15) is 70.8 Å². The van der Waals surface area contributed by atoms with E-state index in [1.807, 2.05) is 6.49 Å². The summed E-state index contributed by atoms with van der Waals surface area (Å²) in [5, 5.41) is 0. The molecule has 0 spiro atoms. The standard InChI is InChI=1S/C15H13.C7H12.C5H5.Zr/c1-10-3-5-12-9-13-6-4-11(2)8-15(13)14(12)7-10;1-2-4-6-7-5-3-1;1-2-4-5-3-1;/h3-9H,1-2H3;1-6H2;1-3H,4H2;. The summed E-state index contributed by atoms with van der Waals surface area (Å²) in [7, 11) is 0. The van der Waals surface area contributed by atoms with Gasteiger partial charge in [0.25, 0.3) is 0 Å². The minimum atomic E-state index is -1.99. The van der Waals surface area contributed by atoms with E-state index in [-0.39, 0.29) is 0 Å². The molecule has 0 nitrogen and oxygen atoms in total. The predicted molar refractivity (Wildman–Crippen MR) is 118 cm³/mol. The minimum absolute atomic E-state index is 0.688. The van der Waals surface area contributed by atoms with Crippen molar-refractivity contribution in [2.45, 2.75) is 62.4 Å². The molecule has 0 aromatic heterocycles. The van der Waals surface area contributed by atoms with Crippen LogP contribution in [0, 0.1) is 13.8 Å². The van der Waals surface area contributed by atoms with Crippen LogP contribution >= 0.6 is 0 Å². The summed E-state index contributed by atoms with van der Waals surface area (Å²) in [6, 6.07) is 14.6. The summed E-state index contributed by atoms with van der Waals surface area (Å²) in [4.78, 5) is 0. The van der Waals surface area contributed by atoms with Crippen LogP contribution in [0.2, 0.25) is 0 Å². The monoisotopic (exact) mass is 444 g/mol. The van der Waals surface area contributed by atoms with Crippen LogP contribution in [0.4, 0.5) is 0 Å². The maximum atomic E-state index is 2.51. The molecule has 3 aliphatic carbocycles. The van der Waals surface area contributed by atoms with E-state index in [9.17, 15) is 0 Å².